The molecule has 1 aliphatic rings. The zero-order valence-corrected chi connectivity index (χ0v) is 18.6. The highest BCUT2D eigenvalue weighted by atomic mass is 16.5. The number of hydrogen-bond acceptors (Lipinski definition) is 4. The van der Waals surface area contributed by atoms with Crippen LogP contribution in [0.1, 0.15) is 63.1 Å². The Bertz CT molecular complexity index is 663. The largest absolute Gasteiger partial charge is 0.459 e. The molecule has 0 radical (unpaired) electrons. The molecule has 2 unspecified atom stereocenters. The number of nitrogens with zero attached hydrogens (tertiary/aromatic N) is 1. The summed E-state index contributed by atoms with van der Waals surface area (Å²) in [4.78, 5) is 16.8. The topological polar surface area (TPSA) is 87.9 Å². The molecule has 2 atom stereocenters. The maximum Gasteiger partial charge on any atom is 0.287 e. The van der Waals surface area contributed by atoms with Crippen LogP contribution in [0.5, 0.6) is 0 Å². The van der Waals surface area contributed by atoms with Crippen LogP contribution in [-0.2, 0) is 4.74 Å². The summed E-state index contributed by atoms with van der Waals surface area (Å²) in [6, 6.07) is 1.79. The van der Waals surface area contributed by atoms with Crippen molar-refractivity contribution in [1.29, 1.82) is 0 Å². The fraction of sp³-hybridized carbons (Fsp3) is 0.727. The van der Waals surface area contributed by atoms with Crippen LogP contribution in [-0.4, -0.2) is 50.8 Å². The van der Waals surface area contributed by atoms with Gasteiger partial charge in [0.2, 0.25) is 0 Å². The van der Waals surface area contributed by atoms with E-state index in [2.05, 4.69) is 43.6 Å². The lowest BCUT2D eigenvalue weighted by Crippen LogP contribution is -2.43. The first-order valence-electron chi connectivity index (χ1n) is 10.8. The number of aryl methyl sites for hydroxylation is 1. The molecule has 1 aromatic heterocycles. The van der Waals surface area contributed by atoms with Gasteiger partial charge in [0.05, 0.1) is 12.4 Å². The quantitative estimate of drug-likeness (QED) is 0.351. The van der Waals surface area contributed by atoms with Gasteiger partial charge in [-0.2, -0.15) is 0 Å². The summed E-state index contributed by atoms with van der Waals surface area (Å²) in [5.74, 6) is 1.48. The fourth-order valence-electron chi connectivity index (χ4n) is 3.72. The molecule has 0 spiro atoms. The maximum atomic E-state index is 12.0. The molecule has 2 heterocycles. The molecule has 1 fully saturated rings. The zero-order chi connectivity index (χ0) is 21.3. The predicted octanol–water partition coefficient (Wildman–Crippen LogP) is 3.10. The van der Waals surface area contributed by atoms with Crippen molar-refractivity contribution in [2.45, 2.75) is 60.0 Å². The molecule has 2 rings (SSSR count). The second-order valence-electron chi connectivity index (χ2n) is 8.75. The Balaban J connectivity index is 1.77. The van der Waals surface area contributed by atoms with Crippen LogP contribution < -0.4 is 16.0 Å². The van der Waals surface area contributed by atoms with Crippen molar-refractivity contribution < 1.29 is 13.9 Å². The molecule has 1 amide bonds. The van der Waals surface area contributed by atoms with Crippen LogP contribution >= 0.6 is 0 Å². The summed E-state index contributed by atoms with van der Waals surface area (Å²) in [7, 11) is 0. The minimum Gasteiger partial charge on any atom is -0.459 e. The number of furan rings is 1. The molecule has 0 aromatic carbocycles. The molecule has 0 bridgehead atoms. The van der Waals surface area contributed by atoms with Crippen molar-refractivity contribution in [3.63, 3.8) is 0 Å². The summed E-state index contributed by atoms with van der Waals surface area (Å²) in [6.45, 7) is 14.4. The van der Waals surface area contributed by atoms with Crippen LogP contribution in [0, 0.1) is 18.3 Å². The van der Waals surface area contributed by atoms with E-state index >= 15 is 0 Å². The van der Waals surface area contributed by atoms with Gasteiger partial charge in [-0.3, -0.25) is 9.79 Å². The van der Waals surface area contributed by atoms with E-state index in [1.807, 2.05) is 6.92 Å². The molecular formula is C22H38N4O3. The van der Waals surface area contributed by atoms with Crippen molar-refractivity contribution in [3.05, 3.63) is 23.7 Å². The van der Waals surface area contributed by atoms with Crippen LogP contribution in [0.2, 0.25) is 0 Å². The van der Waals surface area contributed by atoms with Crippen molar-refractivity contribution in [2.24, 2.45) is 16.3 Å². The molecule has 29 heavy (non-hydrogen) atoms. The lowest BCUT2D eigenvalue weighted by atomic mass is 9.78. The Morgan fingerprint density at radius 3 is 2.66 bits per heavy atom. The third-order valence-electron chi connectivity index (χ3n) is 5.13. The molecule has 0 aliphatic carbocycles. The van der Waals surface area contributed by atoms with Gasteiger partial charge in [0.1, 0.15) is 0 Å². The van der Waals surface area contributed by atoms with Gasteiger partial charge in [-0.15, -0.1) is 0 Å². The smallest absolute Gasteiger partial charge is 0.287 e. The van der Waals surface area contributed by atoms with E-state index in [4.69, 9.17) is 14.1 Å². The van der Waals surface area contributed by atoms with Crippen molar-refractivity contribution in [3.8, 4) is 0 Å². The second kappa shape index (κ2) is 11.2. The van der Waals surface area contributed by atoms with Crippen molar-refractivity contribution in [1.82, 2.24) is 16.0 Å². The molecule has 1 aliphatic heterocycles. The first kappa shape index (κ1) is 23.3. The average Bonchev–Trinajstić information content (AvgIpc) is 3.11. The summed E-state index contributed by atoms with van der Waals surface area (Å²) < 4.78 is 11.3. The molecule has 3 N–H and O–H groups in total. The van der Waals surface area contributed by atoms with E-state index in [9.17, 15) is 4.79 Å². The van der Waals surface area contributed by atoms with Gasteiger partial charge < -0.3 is 25.1 Å². The minimum absolute atomic E-state index is 0.122. The number of amides is 1. The number of nitrogens with one attached hydrogen (secondary N) is 3. The summed E-state index contributed by atoms with van der Waals surface area (Å²) in [5, 5.41) is 9.55. The van der Waals surface area contributed by atoms with Crippen LogP contribution in [0.25, 0.3) is 0 Å². The number of aliphatic imine (C=N–C) groups is 1. The van der Waals surface area contributed by atoms with E-state index < -0.39 is 0 Å². The minimum atomic E-state index is -0.168. The van der Waals surface area contributed by atoms with Gasteiger partial charge in [0.15, 0.2) is 11.7 Å². The molecule has 7 heteroatoms. The summed E-state index contributed by atoms with van der Waals surface area (Å²) in [5.41, 5.74) is 0.971. The Kier molecular flexibility index (Phi) is 9.01. The number of guanidine groups is 1. The second-order valence-corrected chi connectivity index (χ2v) is 8.75. The number of carbonyl (C=O) groups excluding carboxylic acids is 1. The van der Waals surface area contributed by atoms with Crippen LogP contribution in [0.15, 0.2) is 21.7 Å². The maximum absolute atomic E-state index is 12.0. The molecule has 0 saturated carbocycles. The summed E-state index contributed by atoms with van der Waals surface area (Å²) in [6.07, 6.45) is 4.83. The number of hydrogen-bond donors (Lipinski definition) is 3. The molecule has 7 nitrogen and oxygen atoms in total. The molecule has 164 valence electrons. The Hall–Kier alpha value is -2.02. The van der Waals surface area contributed by atoms with Gasteiger partial charge in [0.25, 0.3) is 5.91 Å². The van der Waals surface area contributed by atoms with Crippen LogP contribution in [0.3, 0.4) is 0 Å². The Morgan fingerprint density at radius 2 is 2.00 bits per heavy atom. The van der Waals surface area contributed by atoms with Gasteiger partial charge in [0, 0.05) is 44.3 Å². The number of ether oxygens (including phenoxy) is 1. The average molecular weight is 407 g/mol. The SMILES string of the molecule is CCNC(=NCC1CCCOC1C(C)(C)C)NCCCNC(=O)c1occc1C. The molecule has 1 aromatic rings. The van der Waals surface area contributed by atoms with E-state index in [-0.39, 0.29) is 17.4 Å². The highest BCUT2D eigenvalue weighted by Crippen LogP contribution is 2.34. The lowest BCUT2D eigenvalue weighted by Gasteiger charge is -2.39. The third kappa shape index (κ3) is 7.38. The highest BCUT2D eigenvalue weighted by molar-refractivity contribution is 5.92. The van der Waals surface area contributed by atoms with E-state index in [0.717, 1.165) is 57.0 Å². The normalized spacial score (nSPS) is 20.4. The Morgan fingerprint density at radius 1 is 1.24 bits per heavy atom. The number of carbonyl (C=O) groups is 1. The highest BCUT2D eigenvalue weighted by Gasteiger charge is 2.35. The first-order chi connectivity index (χ1) is 13.8. The van der Waals surface area contributed by atoms with E-state index in [0.29, 0.717) is 18.2 Å². The standard InChI is InChI=1S/C22H38N4O3/c1-6-23-21(26-15-17-9-7-13-29-19(17)22(3,4)5)25-12-8-11-24-20(27)18-16(2)10-14-28-18/h10,14,17,19H,6-9,11-13,15H2,1-5H3,(H,24,27)(H2,23,25,26). The number of rotatable bonds is 8. The van der Waals surface area contributed by atoms with Gasteiger partial charge >= 0.3 is 0 Å². The molecule has 1 saturated heterocycles. The predicted molar refractivity (Wildman–Crippen MR) is 116 cm³/mol. The van der Waals surface area contributed by atoms with Gasteiger partial charge in [-0.05, 0) is 44.6 Å². The van der Waals surface area contributed by atoms with Crippen LogP contribution in [0.4, 0.5) is 0 Å². The van der Waals surface area contributed by atoms with Gasteiger partial charge in [-0.25, -0.2) is 0 Å². The summed E-state index contributed by atoms with van der Waals surface area (Å²) >= 11 is 0. The van der Waals surface area contributed by atoms with Crippen molar-refractivity contribution in [2.75, 3.05) is 32.8 Å². The fourth-order valence-corrected chi connectivity index (χ4v) is 3.72. The zero-order valence-electron chi connectivity index (χ0n) is 18.6. The van der Waals surface area contributed by atoms with Crippen molar-refractivity contribution >= 4 is 11.9 Å². The monoisotopic (exact) mass is 406 g/mol. The van der Waals surface area contributed by atoms with E-state index in [1.54, 1.807) is 6.07 Å². The first-order valence-corrected chi connectivity index (χ1v) is 10.8. The lowest BCUT2D eigenvalue weighted by molar-refractivity contribution is -0.0823. The van der Waals surface area contributed by atoms with Gasteiger partial charge in [-0.1, -0.05) is 20.8 Å². The van der Waals surface area contributed by atoms with E-state index in [1.165, 1.54) is 6.26 Å². The Labute approximate surface area is 175 Å². The molecular weight excluding hydrogens is 368 g/mol. The third-order valence-corrected chi connectivity index (χ3v) is 5.13.